The standard InChI is InChI=1S/C14H19N3/c1-10-4-3-9-17-13(10)12(7-8-15)16-14(17)11-5-2-6-11/h3-4,9,11H,2,5-8,15H2,1H3. The Kier molecular flexibility index (Phi) is 2.63. The Labute approximate surface area is 102 Å². The summed E-state index contributed by atoms with van der Waals surface area (Å²) in [5.41, 5.74) is 9.44. The summed E-state index contributed by atoms with van der Waals surface area (Å²) in [6.07, 6.45) is 6.94. The van der Waals surface area contributed by atoms with E-state index in [0.717, 1.165) is 6.42 Å². The Morgan fingerprint density at radius 3 is 2.94 bits per heavy atom. The van der Waals surface area contributed by atoms with E-state index >= 15 is 0 Å². The summed E-state index contributed by atoms with van der Waals surface area (Å²) in [7, 11) is 0. The van der Waals surface area contributed by atoms with Crippen molar-refractivity contribution < 1.29 is 0 Å². The number of aromatic nitrogens is 2. The maximum atomic E-state index is 5.68. The SMILES string of the molecule is Cc1cccn2c(C3CCC3)nc(CCN)c12. The molecule has 1 aliphatic carbocycles. The third kappa shape index (κ3) is 1.65. The van der Waals surface area contributed by atoms with Crippen molar-refractivity contribution in [3.05, 3.63) is 35.4 Å². The minimum atomic E-state index is 0.663. The number of nitrogens with zero attached hydrogens (tertiary/aromatic N) is 2. The number of pyridine rings is 1. The number of aryl methyl sites for hydroxylation is 1. The van der Waals surface area contributed by atoms with Crippen LogP contribution in [0.3, 0.4) is 0 Å². The molecule has 0 unspecified atom stereocenters. The number of fused-ring (bicyclic) bond motifs is 1. The van der Waals surface area contributed by atoms with Crippen LogP contribution in [0.2, 0.25) is 0 Å². The third-order valence-corrected chi connectivity index (χ3v) is 3.82. The second kappa shape index (κ2) is 4.15. The van der Waals surface area contributed by atoms with Gasteiger partial charge in [0.05, 0.1) is 11.2 Å². The summed E-state index contributed by atoms with van der Waals surface area (Å²) < 4.78 is 2.28. The fourth-order valence-electron chi connectivity index (χ4n) is 2.68. The normalized spacial score (nSPS) is 16.4. The summed E-state index contributed by atoms with van der Waals surface area (Å²) in [5, 5.41) is 0. The Bertz CT molecular complexity index is 538. The highest BCUT2D eigenvalue weighted by atomic mass is 15.0. The van der Waals surface area contributed by atoms with E-state index in [0.29, 0.717) is 12.5 Å². The van der Waals surface area contributed by atoms with Gasteiger partial charge in [0.2, 0.25) is 0 Å². The predicted octanol–water partition coefficient (Wildman–Crippen LogP) is 2.41. The number of nitrogens with two attached hydrogens (primary N) is 1. The van der Waals surface area contributed by atoms with E-state index in [1.165, 1.54) is 41.9 Å². The molecule has 2 N–H and O–H groups in total. The molecular formula is C14H19N3. The quantitative estimate of drug-likeness (QED) is 0.878. The molecular weight excluding hydrogens is 210 g/mol. The predicted molar refractivity (Wildman–Crippen MR) is 69.3 cm³/mol. The summed E-state index contributed by atoms with van der Waals surface area (Å²) in [6.45, 7) is 2.83. The second-order valence-electron chi connectivity index (χ2n) is 4.99. The second-order valence-corrected chi connectivity index (χ2v) is 4.99. The fraction of sp³-hybridized carbons (Fsp3) is 0.500. The molecule has 2 aromatic rings. The Hall–Kier alpha value is -1.35. The molecule has 3 rings (SSSR count). The minimum Gasteiger partial charge on any atom is -0.330 e. The van der Waals surface area contributed by atoms with Gasteiger partial charge in [-0.3, -0.25) is 0 Å². The van der Waals surface area contributed by atoms with Crippen molar-refractivity contribution in [2.45, 2.75) is 38.5 Å². The molecule has 0 aliphatic heterocycles. The highest BCUT2D eigenvalue weighted by Crippen LogP contribution is 2.36. The average molecular weight is 229 g/mol. The van der Waals surface area contributed by atoms with Crippen molar-refractivity contribution in [1.82, 2.24) is 9.38 Å². The first kappa shape index (κ1) is 10.8. The van der Waals surface area contributed by atoms with Gasteiger partial charge >= 0.3 is 0 Å². The number of hydrogen-bond donors (Lipinski definition) is 1. The van der Waals surface area contributed by atoms with Crippen LogP contribution in [0.5, 0.6) is 0 Å². The zero-order chi connectivity index (χ0) is 11.8. The molecule has 3 nitrogen and oxygen atoms in total. The molecule has 0 atom stereocenters. The van der Waals surface area contributed by atoms with Crippen LogP contribution in [0.1, 0.15) is 42.3 Å². The average Bonchev–Trinajstić information content (AvgIpc) is 2.57. The van der Waals surface area contributed by atoms with E-state index in [4.69, 9.17) is 10.7 Å². The topological polar surface area (TPSA) is 43.3 Å². The van der Waals surface area contributed by atoms with Crippen LogP contribution < -0.4 is 5.73 Å². The van der Waals surface area contributed by atoms with Gasteiger partial charge in [-0.05, 0) is 37.9 Å². The zero-order valence-electron chi connectivity index (χ0n) is 10.3. The Morgan fingerprint density at radius 1 is 1.47 bits per heavy atom. The molecule has 0 spiro atoms. The van der Waals surface area contributed by atoms with Crippen molar-refractivity contribution in [3.63, 3.8) is 0 Å². The number of hydrogen-bond acceptors (Lipinski definition) is 2. The molecule has 1 fully saturated rings. The number of imidazole rings is 1. The van der Waals surface area contributed by atoms with Gasteiger partial charge in [0.15, 0.2) is 0 Å². The van der Waals surface area contributed by atoms with E-state index in [-0.39, 0.29) is 0 Å². The molecule has 2 heterocycles. The maximum absolute atomic E-state index is 5.68. The molecule has 1 aliphatic rings. The van der Waals surface area contributed by atoms with Gasteiger partial charge < -0.3 is 10.1 Å². The summed E-state index contributed by atoms with van der Waals surface area (Å²) in [4.78, 5) is 4.84. The van der Waals surface area contributed by atoms with Crippen LogP contribution in [0.25, 0.3) is 5.52 Å². The maximum Gasteiger partial charge on any atom is 0.116 e. The third-order valence-electron chi connectivity index (χ3n) is 3.82. The monoisotopic (exact) mass is 229 g/mol. The van der Waals surface area contributed by atoms with Gasteiger partial charge in [0.1, 0.15) is 5.82 Å². The molecule has 3 heteroatoms. The van der Waals surface area contributed by atoms with E-state index in [1.54, 1.807) is 0 Å². The first-order valence-electron chi connectivity index (χ1n) is 6.47. The van der Waals surface area contributed by atoms with Crippen LogP contribution in [0.4, 0.5) is 0 Å². The highest BCUT2D eigenvalue weighted by molar-refractivity contribution is 5.60. The van der Waals surface area contributed by atoms with Crippen LogP contribution in [0.15, 0.2) is 18.3 Å². The smallest absolute Gasteiger partial charge is 0.116 e. The van der Waals surface area contributed by atoms with Gasteiger partial charge in [0.25, 0.3) is 0 Å². The lowest BCUT2D eigenvalue weighted by molar-refractivity contribution is 0.400. The van der Waals surface area contributed by atoms with Crippen LogP contribution in [0, 0.1) is 6.92 Å². The first-order chi connectivity index (χ1) is 8.31. The zero-order valence-corrected chi connectivity index (χ0v) is 10.3. The number of rotatable bonds is 3. The van der Waals surface area contributed by atoms with Gasteiger partial charge in [-0.2, -0.15) is 0 Å². The minimum absolute atomic E-state index is 0.663. The molecule has 0 radical (unpaired) electrons. The van der Waals surface area contributed by atoms with Crippen molar-refractivity contribution >= 4 is 5.52 Å². The van der Waals surface area contributed by atoms with E-state index < -0.39 is 0 Å². The van der Waals surface area contributed by atoms with Gasteiger partial charge in [-0.1, -0.05) is 12.5 Å². The first-order valence-corrected chi connectivity index (χ1v) is 6.47. The summed E-state index contributed by atoms with van der Waals surface area (Å²) in [6, 6.07) is 4.26. The molecule has 0 saturated heterocycles. The van der Waals surface area contributed by atoms with Crippen LogP contribution in [-0.2, 0) is 6.42 Å². The van der Waals surface area contributed by atoms with Crippen LogP contribution in [-0.4, -0.2) is 15.9 Å². The van der Waals surface area contributed by atoms with Gasteiger partial charge in [0, 0.05) is 18.5 Å². The van der Waals surface area contributed by atoms with Crippen molar-refractivity contribution in [2.75, 3.05) is 6.54 Å². The lowest BCUT2D eigenvalue weighted by atomic mass is 9.85. The molecule has 90 valence electrons. The Balaban J connectivity index is 2.19. The molecule has 1 saturated carbocycles. The largest absolute Gasteiger partial charge is 0.330 e. The van der Waals surface area contributed by atoms with Crippen LogP contribution >= 0.6 is 0 Å². The van der Waals surface area contributed by atoms with E-state index in [9.17, 15) is 0 Å². The highest BCUT2D eigenvalue weighted by Gasteiger charge is 2.25. The molecule has 2 aromatic heterocycles. The Morgan fingerprint density at radius 2 is 2.29 bits per heavy atom. The van der Waals surface area contributed by atoms with Crippen molar-refractivity contribution in [2.24, 2.45) is 5.73 Å². The van der Waals surface area contributed by atoms with Crippen molar-refractivity contribution in [1.29, 1.82) is 0 Å². The lowest BCUT2D eigenvalue weighted by Crippen LogP contribution is -2.12. The fourth-order valence-corrected chi connectivity index (χ4v) is 2.68. The lowest BCUT2D eigenvalue weighted by Gasteiger charge is -2.24. The van der Waals surface area contributed by atoms with E-state index in [2.05, 4.69) is 29.7 Å². The van der Waals surface area contributed by atoms with Gasteiger partial charge in [-0.15, -0.1) is 0 Å². The molecule has 17 heavy (non-hydrogen) atoms. The molecule has 0 bridgehead atoms. The molecule has 0 aromatic carbocycles. The molecule has 0 amide bonds. The summed E-state index contributed by atoms with van der Waals surface area (Å²) in [5.74, 6) is 1.91. The summed E-state index contributed by atoms with van der Waals surface area (Å²) >= 11 is 0. The van der Waals surface area contributed by atoms with E-state index in [1.807, 2.05) is 0 Å². The van der Waals surface area contributed by atoms with Crippen molar-refractivity contribution in [3.8, 4) is 0 Å². The van der Waals surface area contributed by atoms with Gasteiger partial charge in [-0.25, -0.2) is 4.98 Å².